The van der Waals surface area contributed by atoms with Crippen LogP contribution in [0, 0.1) is 18.6 Å². The Balaban J connectivity index is 1.67. The van der Waals surface area contributed by atoms with Crippen LogP contribution in [0.15, 0.2) is 52.9 Å². The summed E-state index contributed by atoms with van der Waals surface area (Å²) < 4.78 is 66.4. The molecule has 3 aromatic rings. The largest absolute Gasteiger partial charge is 0.483 e. The van der Waals surface area contributed by atoms with Gasteiger partial charge in [0.25, 0.3) is 5.91 Å². The zero-order valence-electron chi connectivity index (χ0n) is 15.0. The molecule has 9 heteroatoms. The van der Waals surface area contributed by atoms with Crippen molar-refractivity contribution in [2.45, 2.75) is 20.1 Å². The van der Waals surface area contributed by atoms with E-state index in [1.165, 1.54) is 24.3 Å². The van der Waals surface area contributed by atoms with Crippen LogP contribution in [0.3, 0.4) is 0 Å². The van der Waals surface area contributed by atoms with E-state index in [2.05, 4.69) is 10.1 Å². The number of aryl methyl sites for hydroxylation is 1. The molecule has 29 heavy (non-hydrogen) atoms. The first-order valence-corrected chi connectivity index (χ1v) is 8.35. The summed E-state index contributed by atoms with van der Waals surface area (Å²) in [7, 11) is 0. The van der Waals surface area contributed by atoms with Crippen LogP contribution in [-0.4, -0.2) is 12.5 Å². The molecule has 1 heterocycles. The Labute approximate surface area is 162 Å². The molecule has 0 unspecified atom stereocenters. The van der Waals surface area contributed by atoms with Gasteiger partial charge in [0.05, 0.1) is 5.69 Å². The van der Waals surface area contributed by atoms with Crippen molar-refractivity contribution in [3.8, 4) is 11.5 Å². The van der Waals surface area contributed by atoms with E-state index in [-0.39, 0.29) is 35.3 Å². The van der Waals surface area contributed by atoms with Gasteiger partial charge in [-0.1, -0.05) is 6.07 Å². The first kappa shape index (κ1) is 20.2. The highest BCUT2D eigenvalue weighted by Gasteiger charge is 2.16. The van der Waals surface area contributed by atoms with Gasteiger partial charge in [-0.2, -0.15) is 8.78 Å². The van der Waals surface area contributed by atoms with Crippen molar-refractivity contribution in [1.29, 1.82) is 0 Å². The van der Waals surface area contributed by atoms with Crippen LogP contribution in [0.25, 0.3) is 0 Å². The minimum absolute atomic E-state index is 0.0536. The summed E-state index contributed by atoms with van der Waals surface area (Å²) in [5.41, 5.74) is 0.773. The number of alkyl halides is 2. The van der Waals surface area contributed by atoms with Gasteiger partial charge in [-0.3, -0.25) is 4.79 Å². The van der Waals surface area contributed by atoms with Crippen molar-refractivity contribution < 1.29 is 36.2 Å². The highest BCUT2D eigenvalue weighted by Crippen LogP contribution is 2.28. The summed E-state index contributed by atoms with van der Waals surface area (Å²) >= 11 is 0. The Morgan fingerprint density at radius 2 is 1.83 bits per heavy atom. The number of anilines is 1. The number of nitrogens with one attached hydrogen (secondary N) is 1. The summed E-state index contributed by atoms with van der Waals surface area (Å²) in [5.74, 6) is -2.60. The van der Waals surface area contributed by atoms with Gasteiger partial charge in [-0.05, 0) is 48.9 Å². The number of hydrogen-bond acceptors (Lipinski definition) is 4. The Kier molecular flexibility index (Phi) is 6.06. The third kappa shape index (κ3) is 5.28. The molecule has 1 N–H and O–H groups in total. The minimum Gasteiger partial charge on any atom is -0.483 e. The zero-order valence-corrected chi connectivity index (χ0v) is 15.0. The zero-order chi connectivity index (χ0) is 21.0. The molecular formula is C20H15F4NO4. The van der Waals surface area contributed by atoms with Crippen molar-refractivity contribution in [2.75, 3.05) is 5.32 Å². The SMILES string of the molecule is Cc1ccc(OC(F)F)c(NC(=O)c2ccc(COc3ccc(F)cc3F)o2)c1. The average Bonchev–Trinajstić information content (AvgIpc) is 3.12. The number of carbonyl (C=O) groups excluding carboxylic acids is 1. The van der Waals surface area contributed by atoms with E-state index in [1.807, 2.05) is 0 Å². The van der Waals surface area contributed by atoms with E-state index in [9.17, 15) is 22.4 Å². The van der Waals surface area contributed by atoms with Crippen LogP contribution >= 0.6 is 0 Å². The smallest absolute Gasteiger partial charge is 0.387 e. The predicted molar refractivity (Wildman–Crippen MR) is 95.2 cm³/mol. The molecular weight excluding hydrogens is 394 g/mol. The number of rotatable bonds is 7. The van der Waals surface area contributed by atoms with Crippen molar-refractivity contribution in [3.05, 3.63) is 77.2 Å². The van der Waals surface area contributed by atoms with Crippen molar-refractivity contribution in [3.63, 3.8) is 0 Å². The van der Waals surface area contributed by atoms with Gasteiger partial charge >= 0.3 is 6.61 Å². The number of halogens is 4. The molecule has 0 bridgehead atoms. The van der Waals surface area contributed by atoms with Crippen LogP contribution in [0.2, 0.25) is 0 Å². The topological polar surface area (TPSA) is 60.7 Å². The molecule has 0 aliphatic carbocycles. The molecule has 5 nitrogen and oxygen atoms in total. The van der Waals surface area contributed by atoms with Crippen LogP contribution in [0.5, 0.6) is 11.5 Å². The third-order valence-corrected chi connectivity index (χ3v) is 3.75. The first-order chi connectivity index (χ1) is 13.8. The number of carbonyl (C=O) groups is 1. The Morgan fingerprint density at radius 3 is 2.55 bits per heavy atom. The molecule has 152 valence electrons. The van der Waals surface area contributed by atoms with E-state index in [0.717, 1.165) is 17.7 Å². The molecule has 0 fully saturated rings. The molecule has 2 aromatic carbocycles. The summed E-state index contributed by atoms with van der Waals surface area (Å²) in [4.78, 5) is 12.4. The number of amides is 1. The normalized spacial score (nSPS) is 10.8. The van der Waals surface area contributed by atoms with Crippen LogP contribution < -0.4 is 14.8 Å². The molecule has 0 spiro atoms. The summed E-state index contributed by atoms with van der Waals surface area (Å²) in [6, 6.07) is 9.97. The summed E-state index contributed by atoms with van der Waals surface area (Å²) in [6.07, 6.45) is 0. The van der Waals surface area contributed by atoms with Crippen molar-refractivity contribution in [2.24, 2.45) is 0 Å². The lowest BCUT2D eigenvalue weighted by molar-refractivity contribution is -0.0493. The number of benzene rings is 2. The van der Waals surface area contributed by atoms with Gasteiger partial charge in [0.2, 0.25) is 0 Å². The van der Waals surface area contributed by atoms with E-state index >= 15 is 0 Å². The van der Waals surface area contributed by atoms with Crippen LogP contribution in [0.4, 0.5) is 23.2 Å². The highest BCUT2D eigenvalue weighted by atomic mass is 19.3. The number of hydrogen-bond donors (Lipinski definition) is 1. The highest BCUT2D eigenvalue weighted by molar-refractivity contribution is 6.03. The van der Waals surface area contributed by atoms with Crippen molar-refractivity contribution >= 4 is 11.6 Å². The fourth-order valence-corrected chi connectivity index (χ4v) is 2.44. The molecule has 3 rings (SSSR count). The maximum absolute atomic E-state index is 13.6. The van der Waals surface area contributed by atoms with E-state index in [0.29, 0.717) is 6.07 Å². The maximum atomic E-state index is 13.6. The molecule has 0 saturated heterocycles. The Morgan fingerprint density at radius 1 is 1.07 bits per heavy atom. The quantitative estimate of drug-likeness (QED) is 0.538. The second-order valence-corrected chi connectivity index (χ2v) is 5.96. The lowest BCUT2D eigenvalue weighted by atomic mass is 10.2. The van der Waals surface area contributed by atoms with Gasteiger partial charge < -0.3 is 19.2 Å². The fourth-order valence-electron chi connectivity index (χ4n) is 2.44. The third-order valence-electron chi connectivity index (χ3n) is 3.75. The maximum Gasteiger partial charge on any atom is 0.387 e. The van der Waals surface area contributed by atoms with Gasteiger partial charge in [0.1, 0.15) is 23.9 Å². The van der Waals surface area contributed by atoms with Crippen molar-refractivity contribution in [1.82, 2.24) is 0 Å². The standard InChI is InChI=1S/C20H15F4NO4/c1-11-2-5-17(29-20(23)24)15(8-11)25-19(26)18-7-4-13(28-18)10-27-16-6-3-12(21)9-14(16)22/h2-9,20H,10H2,1H3,(H,25,26). The second kappa shape index (κ2) is 8.68. The molecule has 1 amide bonds. The molecule has 0 aliphatic rings. The Bertz CT molecular complexity index is 1020. The number of furan rings is 1. The molecule has 0 atom stereocenters. The number of ether oxygens (including phenoxy) is 2. The fraction of sp³-hybridized carbons (Fsp3) is 0.150. The summed E-state index contributed by atoms with van der Waals surface area (Å²) in [5, 5.41) is 2.44. The monoisotopic (exact) mass is 409 g/mol. The lowest BCUT2D eigenvalue weighted by Gasteiger charge is -2.12. The second-order valence-electron chi connectivity index (χ2n) is 5.96. The van der Waals surface area contributed by atoms with Crippen LogP contribution in [0.1, 0.15) is 21.9 Å². The lowest BCUT2D eigenvalue weighted by Crippen LogP contribution is -2.13. The van der Waals surface area contributed by atoms with Gasteiger partial charge in [0, 0.05) is 6.07 Å². The minimum atomic E-state index is -3.05. The average molecular weight is 409 g/mol. The molecule has 0 aliphatic heterocycles. The van der Waals surface area contributed by atoms with Crippen LogP contribution in [-0.2, 0) is 6.61 Å². The predicted octanol–water partition coefficient (Wildman–Crippen LogP) is 5.30. The van der Waals surface area contributed by atoms with Gasteiger partial charge in [-0.25, -0.2) is 8.78 Å². The molecule has 1 aromatic heterocycles. The van der Waals surface area contributed by atoms with E-state index in [4.69, 9.17) is 9.15 Å². The Hall–Kier alpha value is -3.49. The van der Waals surface area contributed by atoms with Gasteiger partial charge in [0.15, 0.2) is 17.3 Å². The first-order valence-electron chi connectivity index (χ1n) is 8.35. The van der Waals surface area contributed by atoms with E-state index in [1.54, 1.807) is 13.0 Å². The molecule has 0 radical (unpaired) electrons. The van der Waals surface area contributed by atoms with Gasteiger partial charge in [-0.15, -0.1) is 0 Å². The molecule has 0 saturated carbocycles. The van der Waals surface area contributed by atoms with E-state index < -0.39 is 24.2 Å². The summed E-state index contributed by atoms with van der Waals surface area (Å²) in [6.45, 7) is -1.54.